The first-order valence-electron chi connectivity index (χ1n) is 8.64. The number of non-ortho nitro benzene ring substituents is 1. The van der Waals surface area contributed by atoms with Crippen LogP contribution in [-0.4, -0.2) is 44.9 Å². The number of rotatable bonds is 8. The zero-order valence-electron chi connectivity index (χ0n) is 15.6. The molecule has 3 rings (SSSR count). The van der Waals surface area contributed by atoms with Gasteiger partial charge in [0.2, 0.25) is 0 Å². The van der Waals surface area contributed by atoms with Crippen LogP contribution in [0.15, 0.2) is 54.6 Å². The van der Waals surface area contributed by atoms with Crippen LogP contribution in [0.2, 0.25) is 5.21 Å². The molecule has 28 heavy (non-hydrogen) atoms. The molecule has 1 aromatic heterocycles. The van der Waals surface area contributed by atoms with E-state index in [2.05, 4.69) is 9.97 Å². The van der Waals surface area contributed by atoms with E-state index >= 15 is 0 Å². The van der Waals surface area contributed by atoms with Gasteiger partial charge in [-0.15, -0.1) is 0 Å². The number of nitro groups is 1. The molecule has 1 unspecified atom stereocenters. The van der Waals surface area contributed by atoms with E-state index in [4.69, 9.17) is 9.47 Å². The number of nitrogens with zero attached hydrogens (tertiary/aromatic N) is 3. The quantitative estimate of drug-likeness (QED) is 0.304. The molecule has 0 N–H and O–H groups in total. The molecule has 0 aliphatic rings. The van der Waals surface area contributed by atoms with Gasteiger partial charge >= 0.3 is 169 Å². The number of nitro benzene ring substituents is 1. The van der Waals surface area contributed by atoms with E-state index in [0.717, 1.165) is 38.7 Å². The van der Waals surface area contributed by atoms with Crippen LogP contribution >= 0.6 is 0 Å². The number of aryl methyl sites for hydroxylation is 1. The Hall–Kier alpha value is -2.92. The third-order valence-corrected chi connectivity index (χ3v) is 6.47. The third kappa shape index (κ3) is 5.08. The van der Waals surface area contributed by atoms with Gasteiger partial charge in [-0.2, -0.15) is 0 Å². The zero-order valence-corrected chi connectivity index (χ0v) is 17.7. The van der Waals surface area contributed by atoms with E-state index < -0.39 is 15.8 Å². The Kier molecular flexibility index (Phi) is 6.61. The molecule has 1 heterocycles. The Labute approximate surface area is 169 Å². The summed E-state index contributed by atoms with van der Waals surface area (Å²) in [4.78, 5) is 19.3. The fraction of sp³-hybridized carbons (Fsp3) is 0.200. The molecular formula is C20H20AsN3O4. The van der Waals surface area contributed by atoms with Gasteiger partial charge < -0.3 is 0 Å². The molecule has 3 aromatic rings. The van der Waals surface area contributed by atoms with Crippen molar-refractivity contribution in [2.45, 2.75) is 11.6 Å². The first-order chi connectivity index (χ1) is 13.6. The maximum atomic E-state index is 10.7. The van der Waals surface area contributed by atoms with Crippen LogP contribution in [-0.2, 0) is 6.42 Å². The van der Waals surface area contributed by atoms with Crippen molar-refractivity contribution in [3.8, 4) is 23.0 Å². The van der Waals surface area contributed by atoms with Crippen molar-refractivity contribution in [2.75, 3.05) is 14.2 Å². The van der Waals surface area contributed by atoms with Crippen LogP contribution in [0.3, 0.4) is 0 Å². The minimum absolute atomic E-state index is 0.114. The predicted molar refractivity (Wildman–Crippen MR) is 109 cm³/mol. The van der Waals surface area contributed by atoms with Crippen LogP contribution < -0.4 is 14.0 Å². The molecule has 1 atom stereocenters. The molecule has 0 saturated carbocycles. The van der Waals surface area contributed by atoms with Gasteiger partial charge in [-0.25, -0.2) is 0 Å². The molecule has 144 valence electrons. The van der Waals surface area contributed by atoms with E-state index in [9.17, 15) is 10.1 Å². The third-order valence-electron chi connectivity index (χ3n) is 4.12. The summed E-state index contributed by atoms with van der Waals surface area (Å²) in [6.07, 6.45) is 0.860. The Bertz CT molecular complexity index is 964. The van der Waals surface area contributed by atoms with Gasteiger partial charge in [-0.05, 0) is 0 Å². The number of ether oxygens (including phenoxy) is 2. The molecule has 0 amide bonds. The van der Waals surface area contributed by atoms with Crippen molar-refractivity contribution >= 4 is 25.9 Å². The normalized spacial score (nSPS) is 10.9. The zero-order chi connectivity index (χ0) is 19.9. The summed E-state index contributed by atoms with van der Waals surface area (Å²) in [6, 6.07) is 16.8. The van der Waals surface area contributed by atoms with Crippen molar-refractivity contribution in [3.63, 3.8) is 0 Å². The Morgan fingerprint density at radius 2 is 1.82 bits per heavy atom. The van der Waals surface area contributed by atoms with Gasteiger partial charge in [-0.3, -0.25) is 0 Å². The number of hydrogen-bond acceptors (Lipinski definition) is 6. The monoisotopic (exact) mass is 441 g/mol. The molecule has 0 fully saturated rings. The molecule has 7 nitrogen and oxygen atoms in total. The Morgan fingerprint density at radius 1 is 1.04 bits per heavy atom. The second kappa shape index (κ2) is 9.33. The van der Waals surface area contributed by atoms with Gasteiger partial charge in [0.25, 0.3) is 0 Å². The van der Waals surface area contributed by atoms with Crippen molar-refractivity contribution in [2.24, 2.45) is 0 Å². The van der Waals surface area contributed by atoms with E-state index in [-0.39, 0.29) is 10.6 Å². The van der Waals surface area contributed by atoms with Crippen molar-refractivity contribution < 1.29 is 14.4 Å². The average Bonchev–Trinajstić information content (AvgIpc) is 2.74. The summed E-state index contributed by atoms with van der Waals surface area (Å²) in [7, 11) is 3.20. The predicted octanol–water partition coefficient (Wildman–Crippen LogP) is 2.79. The summed E-state index contributed by atoms with van der Waals surface area (Å²) in [6.45, 7) is 0. The molecule has 2 aromatic carbocycles. The summed E-state index contributed by atoms with van der Waals surface area (Å²) >= 11 is -0.510. The van der Waals surface area contributed by atoms with Crippen molar-refractivity contribution in [1.82, 2.24) is 9.97 Å². The molecular weight excluding hydrogens is 421 g/mol. The number of hydrogen-bond donors (Lipinski definition) is 0. The van der Waals surface area contributed by atoms with E-state index in [0.29, 0.717) is 6.01 Å². The molecule has 8 heteroatoms. The second-order valence-electron chi connectivity index (χ2n) is 5.96. The van der Waals surface area contributed by atoms with Crippen LogP contribution in [0, 0.1) is 10.1 Å². The molecule has 0 spiro atoms. The Morgan fingerprint density at radius 3 is 2.50 bits per heavy atom. The number of benzene rings is 2. The minimum atomic E-state index is -0.510. The average molecular weight is 441 g/mol. The van der Waals surface area contributed by atoms with Gasteiger partial charge in [0, 0.05) is 0 Å². The SMILES string of the molecule is COc1cccc(-c2cc([AsH]CCc3ccc([N+](=O)[O-])cc3)nc(OC)n2)c1. The molecule has 0 radical (unpaired) electrons. The molecule has 0 aliphatic heterocycles. The van der Waals surface area contributed by atoms with Crippen molar-refractivity contribution in [3.05, 3.63) is 70.3 Å². The standard InChI is InChI=1S/C20H20AsN3O4/c1-27-17-5-3-4-15(12-17)18-13-19(23-20(22-18)28-2)21-11-10-14-6-8-16(9-7-14)24(25)26/h3-9,12-13,21H,10-11H2,1-2H3. The van der Waals surface area contributed by atoms with E-state index in [1.54, 1.807) is 26.4 Å². The first kappa shape index (κ1) is 19.8. The van der Waals surface area contributed by atoms with Crippen LogP contribution in [0.4, 0.5) is 5.69 Å². The van der Waals surface area contributed by atoms with Gasteiger partial charge in [0.1, 0.15) is 0 Å². The molecule has 0 saturated heterocycles. The van der Waals surface area contributed by atoms with Gasteiger partial charge in [0.15, 0.2) is 0 Å². The molecule has 0 aliphatic carbocycles. The van der Waals surface area contributed by atoms with Crippen LogP contribution in [0.1, 0.15) is 5.56 Å². The summed E-state index contributed by atoms with van der Waals surface area (Å²) in [5, 5.41) is 11.7. The number of aromatic nitrogens is 2. The topological polar surface area (TPSA) is 87.4 Å². The summed E-state index contributed by atoms with van der Waals surface area (Å²) in [5.41, 5.74) is 2.95. The second-order valence-corrected chi connectivity index (χ2v) is 8.82. The van der Waals surface area contributed by atoms with Crippen LogP contribution in [0.5, 0.6) is 11.8 Å². The summed E-state index contributed by atoms with van der Waals surface area (Å²) < 4.78 is 11.6. The Balaban J connectivity index is 1.72. The fourth-order valence-corrected chi connectivity index (χ4v) is 4.93. The van der Waals surface area contributed by atoms with E-state index in [1.165, 1.54) is 0 Å². The van der Waals surface area contributed by atoms with Crippen molar-refractivity contribution in [1.29, 1.82) is 0 Å². The first-order valence-corrected chi connectivity index (χ1v) is 11.2. The van der Waals surface area contributed by atoms with E-state index in [1.807, 2.05) is 42.5 Å². The van der Waals surface area contributed by atoms with Gasteiger partial charge in [-0.1, -0.05) is 0 Å². The van der Waals surface area contributed by atoms with Gasteiger partial charge in [0.05, 0.1) is 0 Å². The molecule has 0 bridgehead atoms. The van der Waals surface area contributed by atoms with Crippen LogP contribution in [0.25, 0.3) is 11.3 Å². The maximum absolute atomic E-state index is 10.7. The number of methoxy groups -OCH3 is 2. The summed E-state index contributed by atoms with van der Waals surface area (Å²) in [5.74, 6) is 0.769. The fourth-order valence-electron chi connectivity index (χ4n) is 2.66.